The lowest BCUT2D eigenvalue weighted by molar-refractivity contribution is 0.660. The molecule has 56 heavy (non-hydrogen) atoms. The van der Waals surface area contributed by atoms with Crippen LogP contribution in [0.3, 0.4) is 0 Å². The molecule has 1 aliphatic heterocycles. The Bertz CT molecular complexity index is 3110. The van der Waals surface area contributed by atoms with E-state index >= 15 is 0 Å². The van der Waals surface area contributed by atoms with Gasteiger partial charge in [0.15, 0.2) is 0 Å². The van der Waals surface area contributed by atoms with Crippen molar-refractivity contribution in [2.45, 2.75) is 32.4 Å². The molecule has 268 valence electrons. The van der Waals surface area contributed by atoms with Gasteiger partial charge < -0.3 is 4.90 Å². The summed E-state index contributed by atoms with van der Waals surface area (Å²) in [5.41, 5.74) is 15.7. The molecule has 0 amide bonds. The molecule has 0 N–H and O–H groups in total. The van der Waals surface area contributed by atoms with Crippen LogP contribution in [0, 0.1) is 0 Å². The van der Waals surface area contributed by atoms with E-state index in [0.717, 1.165) is 0 Å². The lowest BCUT2D eigenvalue weighted by atomic mass is 9.80. The molecule has 0 aromatic heterocycles. The molecule has 2 aliphatic rings. The third-order valence-corrected chi connectivity index (χ3v) is 16.8. The van der Waals surface area contributed by atoms with Crippen LogP contribution < -0.4 is 15.3 Å². The summed E-state index contributed by atoms with van der Waals surface area (Å²) in [5.74, 6) is 0. The minimum atomic E-state index is -1.92. The van der Waals surface area contributed by atoms with Gasteiger partial charge in [0.2, 0.25) is 0 Å². The van der Waals surface area contributed by atoms with Crippen molar-refractivity contribution < 1.29 is 0 Å². The minimum Gasteiger partial charge on any atom is -0.345 e. The topological polar surface area (TPSA) is 3.24 Å². The van der Waals surface area contributed by atoms with Crippen molar-refractivity contribution in [2.24, 2.45) is 0 Å². The summed E-state index contributed by atoms with van der Waals surface area (Å²) in [5, 5.41) is 10.7. The highest BCUT2D eigenvalue weighted by atomic mass is 28.3. The second-order valence-corrected chi connectivity index (χ2v) is 21.2. The van der Waals surface area contributed by atoms with Crippen LogP contribution in [0.5, 0.6) is 0 Å². The molecule has 0 saturated heterocycles. The van der Waals surface area contributed by atoms with E-state index in [1.807, 2.05) is 0 Å². The molecule has 1 aliphatic carbocycles. The average Bonchev–Trinajstić information content (AvgIpc) is 3.47. The predicted molar refractivity (Wildman–Crippen MR) is 244 cm³/mol. The van der Waals surface area contributed by atoms with Crippen LogP contribution in [0.4, 0.5) is 11.4 Å². The molecule has 1 heterocycles. The van der Waals surface area contributed by atoms with Crippen LogP contribution in [0.15, 0.2) is 170 Å². The summed E-state index contributed by atoms with van der Waals surface area (Å²) in [6.07, 6.45) is 0. The number of fused-ring (bicyclic) bond motifs is 8. The lowest BCUT2D eigenvalue weighted by Gasteiger charge is -2.39. The van der Waals surface area contributed by atoms with Gasteiger partial charge in [0.05, 0.1) is 0 Å². The first-order valence-electron chi connectivity index (χ1n) is 19.9. The van der Waals surface area contributed by atoms with Gasteiger partial charge in [-0.05, 0) is 117 Å². The van der Waals surface area contributed by atoms with Gasteiger partial charge in [0, 0.05) is 23.8 Å². The molecule has 0 bridgehead atoms. The van der Waals surface area contributed by atoms with E-state index in [1.165, 1.54) is 110 Å². The maximum absolute atomic E-state index is 2.50. The largest absolute Gasteiger partial charge is 0.345 e. The molecule has 0 atom stereocenters. The highest BCUT2D eigenvalue weighted by Crippen LogP contribution is 2.55. The Morgan fingerprint density at radius 1 is 0.411 bits per heavy atom. The summed E-state index contributed by atoms with van der Waals surface area (Å²) in [4.78, 5) is 2.43. The molecule has 0 unspecified atom stereocenters. The van der Waals surface area contributed by atoms with Crippen LogP contribution in [0.25, 0.3) is 76.8 Å². The molecule has 0 spiro atoms. The van der Waals surface area contributed by atoms with Crippen molar-refractivity contribution in [1.82, 2.24) is 0 Å². The number of anilines is 2. The van der Waals surface area contributed by atoms with E-state index in [-0.39, 0.29) is 5.41 Å². The van der Waals surface area contributed by atoms with Crippen molar-refractivity contribution in [1.29, 1.82) is 0 Å². The Labute approximate surface area is 330 Å². The molecule has 9 aromatic rings. The fourth-order valence-corrected chi connectivity index (χ4v) is 13.5. The number of nitrogens with zero attached hydrogens (tertiary/aromatic N) is 1. The van der Waals surface area contributed by atoms with E-state index in [1.54, 1.807) is 0 Å². The van der Waals surface area contributed by atoms with Crippen molar-refractivity contribution in [3.05, 3.63) is 181 Å². The molecule has 9 aromatic carbocycles. The molecule has 2 heteroatoms. The number of benzene rings is 9. The normalized spacial score (nSPS) is 14.8. The summed E-state index contributed by atoms with van der Waals surface area (Å²) in [7, 11) is 0.328. The first-order valence-corrected chi connectivity index (χ1v) is 22.9. The summed E-state index contributed by atoms with van der Waals surface area (Å²) < 4.78 is 0. The van der Waals surface area contributed by atoms with Crippen LogP contribution in [-0.2, 0) is 5.41 Å². The minimum absolute atomic E-state index is 0.0908. The van der Waals surface area contributed by atoms with Gasteiger partial charge in [-0.1, -0.05) is 179 Å². The third kappa shape index (κ3) is 4.54. The van der Waals surface area contributed by atoms with Crippen molar-refractivity contribution in [3.8, 4) is 44.5 Å². The predicted octanol–water partition coefficient (Wildman–Crippen LogP) is 13.4. The van der Waals surface area contributed by atoms with Crippen LogP contribution in [-0.4, -0.2) is 15.1 Å². The number of para-hydroxylation sites is 1. The third-order valence-electron chi connectivity index (χ3n) is 13.3. The van der Waals surface area contributed by atoms with E-state index in [2.05, 4.69) is 209 Å². The molecular weight excluding hydrogens is 691 g/mol. The van der Waals surface area contributed by atoms with Gasteiger partial charge in [-0.2, -0.15) is 0 Å². The summed E-state index contributed by atoms with van der Waals surface area (Å²) in [6.45, 7) is 9.77. The average molecular weight is 734 g/mol. The van der Waals surface area contributed by atoms with Crippen molar-refractivity contribution >= 4 is 62.1 Å². The monoisotopic (exact) mass is 733 g/mol. The first-order chi connectivity index (χ1) is 27.2. The lowest BCUT2D eigenvalue weighted by Crippen LogP contribution is -2.58. The number of hydrogen-bond donors (Lipinski definition) is 0. The second kappa shape index (κ2) is 11.9. The molecule has 1 nitrogen and oxygen atoms in total. The maximum Gasteiger partial charge on any atom is 0.117 e. The highest BCUT2D eigenvalue weighted by molar-refractivity contribution is 7.02. The van der Waals surface area contributed by atoms with Crippen LogP contribution in [0.1, 0.15) is 25.0 Å². The Morgan fingerprint density at radius 3 is 1.86 bits per heavy atom. The van der Waals surface area contributed by atoms with Crippen molar-refractivity contribution in [3.63, 3.8) is 0 Å². The smallest absolute Gasteiger partial charge is 0.117 e. The fraction of sp³-hybridized carbons (Fsp3) is 0.111. The molecule has 0 fully saturated rings. The standard InChI is InChI=1S/C54H43NSi/c1-54(2)45-24-11-10-21-42(45)53-43(23-15-25-46(53)54)52-40-20-9-8-19-39(40)51(36-29-31-50-48(33-36)55(3)47-26-12-13-27-49(47)56(50,4)5)41-30-28-35(32-44(41)52)38-22-14-17-34-16-6-7-18-37(34)38/h6-33H,1-5H3. The van der Waals surface area contributed by atoms with Gasteiger partial charge >= 0.3 is 0 Å². The SMILES string of the molecule is CN1c2ccccc2[Si](C)(C)c2ccc(-c3c4ccccc4c(-c4cccc5c4-c4ccccc4C5(C)C)c4cc(-c5cccc6ccccc56)ccc34)cc21. The molecule has 0 radical (unpaired) electrons. The van der Waals surface area contributed by atoms with E-state index in [9.17, 15) is 0 Å². The first kappa shape index (κ1) is 33.1. The zero-order valence-corrected chi connectivity index (χ0v) is 33.6. The van der Waals surface area contributed by atoms with E-state index < -0.39 is 8.07 Å². The van der Waals surface area contributed by atoms with Gasteiger partial charge in [0.25, 0.3) is 0 Å². The summed E-state index contributed by atoms with van der Waals surface area (Å²) >= 11 is 0. The molecular formula is C54H43NSi. The van der Waals surface area contributed by atoms with Crippen LogP contribution in [0.2, 0.25) is 13.1 Å². The van der Waals surface area contributed by atoms with Gasteiger partial charge in [0.1, 0.15) is 8.07 Å². The van der Waals surface area contributed by atoms with Crippen LogP contribution >= 0.6 is 0 Å². The highest BCUT2D eigenvalue weighted by Gasteiger charge is 2.38. The van der Waals surface area contributed by atoms with Crippen molar-refractivity contribution in [2.75, 3.05) is 11.9 Å². The maximum atomic E-state index is 2.50. The molecule has 0 saturated carbocycles. The van der Waals surface area contributed by atoms with E-state index in [4.69, 9.17) is 0 Å². The zero-order valence-electron chi connectivity index (χ0n) is 32.6. The Morgan fingerprint density at radius 2 is 1.00 bits per heavy atom. The Kier molecular flexibility index (Phi) is 7.04. The second-order valence-electron chi connectivity index (χ2n) is 16.9. The zero-order chi connectivity index (χ0) is 37.9. The van der Waals surface area contributed by atoms with Gasteiger partial charge in [-0.3, -0.25) is 0 Å². The number of hydrogen-bond acceptors (Lipinski definition) is 1. The quantitative estimate of drug-likeness (QED) is 0.129. The van der Waals surface area contributed by atoms with E-state index in [0.29, 0.717) is 0 Å². The Hall–Kier alpha value is -6.22. The summed E-state index contributed by atoms with van der Waals surface area (Å²) in [6, 6.07) is 64.3. The van der Waals surface area contributed by atoms with Gasteiger partial charge in [-0.15, -0.1) is 0 Å². The fourth-order valence-electron chi connectivity index (χ4n) is 10.4. The Balaban J connectivity index is 1.25. The van der Waals surface area contributed by atoms with Gasteiger partial charge in [-0.25, -0.2) is 0 Å². The number of rotatable bonds is 3. The molecule has 11 rings (SSSR count).